The van der Waals surface area contributed by atoms with E-state index >= 15 is 0 Å². The molecule has 0 radical (unpaired) electrons. The van der Waals surface area contributed by atoms with E-state index in [4.69, 9.17) is 23.7 Å². The number of hydrogen-bond acceptors (Lipinski definition) is 8. The van der Waals surface area contributed by atoms with E-state index in [9.17, 15) is 5.11 Å². The van der Waals surface area contributed by atoms with Gasteiger partial charge in [-0.3, -0.25) is 4.98 Å². The van der Waals surface area contributed by atoms with Gasteiger partial charge in [0.25, 0.3) is 0 Å². The van der Waals surface area contributed by atoms with Crippen molar-refractivity contribution in [2.24, 2.45) is 0 Å². The van der Waals surface area contributed by atoms with Gasteiger partial charge in [-0.15, -0.1) is 38.1 Å². The van der Waals surface area contributed by atoms with Gasteiger partial charge in [0.05, 0.1) is 44.9 Å². The maximum Gasteiger partial charge on any atom is 0.166 e. The summed E-state index contributed by atoms with van der Waals surface area (Å²) in [5, 5.41) is 12.2. The molecule has 0 amide bonds. The van der Waals surface area contributed by atoms with Crippen molar-refractivity contribution in [2.75, 3.05) is 39.6 Å². The first-order valence-corrected chi connectivity index (χ1v) is 14.3. The lowest BCUT2D eigenvalue weighted by Gasteiger charge is -2.50. The molecule has 2 heterocycles. The molecule has 216 valence electrons. The molecule has 3 rings (SSSR count). The summed E-state index contributed by atoms with van der Waals surface area (Å²) in [6, 6.07) is 9.95. The number of aliphatic hydroxyl groups is 1. The lowest BCUT2D eigenvalue weighted by molar-refractivity contribution is -0.180. The van der Waals surface area contributed by atoms with Crippen molar-refractivity contribution in [1.82, 2.24) is 4.98 Å². The summed E-state index contributed by atoms with van der Waals surface area (Å²) in [7, 11) is 0. The Kier molecular flexibility index (Phi) is 13.1. The van der Waals surface area contributed by atoms with Gasteiger partial charge in [-0.2, -0.15) is 0 Å². The smallest absolute Gasteiger partial charge is 0.166 e. The van der Waals surface area contributed by atoms with Gasteiger partial charge in [0.2, 0.25) is 0 Å². The van der Waals surface area contributed by atoms with Gasteiger partial charge in [0.1, 0.15) is 24.1 Å². The lowest BCUT2D eigenvalue weighted by Crippen LogP contribution is -2.61. The zero-order valence-corrected chi connectivity index (χ0v) is 24.1. The Labute approximate surface area is 242 Å². The van der Waals surface area contributed by atoms with Crippen LogP contribution in [0.5, 0.6) is 5.75 Å². The Morgan fingerprint density at radius 2 is 1.52 bits per heavy atom. The van der Waals surface area contributed by atoms with Crippen LogP contribution >= 0.6 is 11.8 Å². The highest BCUT2D eigenvalue weighted by Crippen LogP contribution is 2.50. The van der Waals surface area contributed by atoms with Crippen LogP contribution < -0.4 is 4.74 Å². The first-order chi connectivity index (χ1) is 19.5. The molecule has 0 spiro atoms. The minimum atomic E-state index is -1.52. The summed E-state index contributed by atoms with van der Waals surface area (Å²) in [5.41, 5.74) is 2.66. The predicted octanol–water partition coefficient (Wildman–Crippen LogP) is 5.25. The van der Waals surface area contributed by atoms with Crippen LogP contribution in [0.4, 0.5) is 0 Å². The molecule has 8 heteroatoms. The van der Waals surface area contributed by atoms with Gasteiger partial charge in [-0.05, 0) is 42.7 Å². The fraction of sp³-hybridized carbons (Fsp3) is 0.406. The number of aromatic nitrogens is 1. The Bertz CT molecular complexity index is 1090. The van der Waals surface area contributed by atoms with Crippen LogP contribution in [0, 0.1) is 0 Å². The number of nitrogens with zero attached hydrogens (tertiary/aromatic N) is 1. The quantitative estimate of drug-likeness (QED) is 0.193. The summed E-state index contributed by atoms with van der Waals surface area (Å²) < 4.78 is 30.1. The number of rotatable bonds is 18. The summed E-state index contributed by atoms with van der Waals surface area (Å²) in [5.74, 6) is 0.830. The van der Waals surface area contributed by atoms with Gasteiger partial charge in [-0.1, -0.05) is 36.4 Å². The molecule has 1 saturated heterocycles. The summed E-state index contributed by atoms with van der Waals surface area (Å²) in [6.45, 7) is 19.2. The molecule has 1 fully saturated rings. The van der Waals surface area contributed by atoms with E-state index in [0.717, 1.165) is 16.9 Å². The zero-order chi connectivity index (χ0) is 28.8. The van der Waals surface area contributed by atoms with Crippen molar-refractivity contribution >= 4 is 11.8 Å². The van der Waals surface area contributed by atoms with Crippen LogP contribution in [-0.2, 0) is 30.3 Å². The second kappa shape index (κ2) is 16.5. The average molecular weight is 568 g/mol. The third-order valence-corrected chi connectivity index (χ3v) is 7.82. The van der Waals surface area contributed by atoms with Gasteiger partial charge in [-0.25, -0.2) is 0 Å². The fourth-order valence-electron chi connectivity index (χ4n) is 4.61. The Hall–Kier alpha value is -2.72. The molecule has 7 nitrogen and oxygen atoms in total. The molecule has 1 aromatic heterocycles. The summed E-state index contributed by atoms with van der Waals surface area (Å²) in [6.07, 6.45) is 8.91. The Morgan fingerprint density at radius 1 is 0.875 bits per heavy atom. The SMILES string of the molecule is C=CCOC[C@@H]1S[C@@](O)(c2cncc(Cc3ccc(OCC)cc3)c2)[C@H](OCC=C)[C@@H](OCC=C)[C@@H]1OCC=C. The van der Waals surface area contributed by atoms with Crippen molar-refractivity contribution in [2.45, 2.75) is 41.8 Å². The van der Waals surface area contributed by atoms with Crippen molar-refractivity contribution in [1.29, 1.82) is 0 Å². The molecule has 1 aliphatic heterocycles. The minimum Gasteiger partial charge on any atom is -0.494 e. The summed E-state index contributed by atoms with van der Waals surface area (Å²) in [4.78, 5) is 2.98. The zero-order valence-electron chi connectivity index (χ0n) is 23.3. The Balaban J connectivity index is 2.00. The molecular weight excluding hydrogens is 526 g/mol. The normalized spacial score (nSPS) is 24.2. The van der Waals surface area contributed by atoms with Crippen LogP contribution in [0.2, 0.25) is 0 Å². The number of benzene rings is 1. The lowest BCUT2D eigenvalue weighted by atomic mass is 9.93. The standard InChI is InChI=1S/C32H41NO6S/c1-6-15-35-23-28-29(37-16-7-2)30(38-17-8-3)31(39-18-9-4)32(34,40-28)26-20-25(21-33-22-26)19-24-11-13-27(14-12-24)36-10-5/h6-9,11-14,20-22,28-31,34H,1-4,10,15-19,23H2,5H3/t28-,29+,30-,31+,32-/m0/s1. The maximum absolute atomic E-state index is 12.4. The third kappa shape index (κ3) is 8.39. The molecule has 0 saturated carbocycles. The van der Waals surface area contributed by atoms with Crippen LogP contribution in [0.3, 0.4) is 0 Å². The highest BCUT2D eigenvalue weighted by molar-refractivity contribution is 8.00. The molecule has 40 heavy (non-hydrogen) atoms. The van der Waals surface area contributed by atoms with Gasteiger partial charge in [0.15, 0.2) is 4.93 Å². The third-order valence-electron chi connectivity index (χ3n) is 6.28. The van der Waals surface area contributed by atoms with E-state index in [2.05, 4.69) is 31.3 Å². The van der Waals surface area contributed by atoms with E-state index in [-0.39, 0.29) is 18.5 Å². The monoisotopic (exact) mass is 567 g/mol. The van der Waals surface area contributed by atoms with Gasteiger partial charge < -0.3 is 28.8 Å². The van der Waals surface area contributed by atoms with E-state index in [1.165, 1.54) is 11.8 Å². The van der Waals surface area contributed by atoms with E-state index in [1.807, 2.05) is 43.5 Å². The molecule has 1 aromatic carbocycles. The van der Waals surface area contributed by atoms with Gasteiger partial charge in [0, 0.05) is 18.0 Å². The van der Waals surface area contributed by atoms with E-state index in [1.54, 1.807) is 30.5 Å². The second-order valence-corrected chi connectivity index (χ2v) is 10.7. The first kappa shape index (κ1) is 31.8. The van der Waals surface area contributed by atoms with Crippen LogP contribution in [0.1, 0.15) is 23.6 Å². The predicted molar refractivity (Wildman–Crippen MR) is 161 cm³/mol. The molecular formula is C32H41NO6S. The van der Waals surface area contributed by atoms with Crippen LogP contribution in [0.25, 0.3) is 0 Å². The fourth-order valence-corrected chi connectivity index (χ4v) is 6.19. The molecule has 1 aliphatic rings. The molecule has 0 aliphatic carbocycles. The largest absolute Gasteiger partial charge is 0.494 e. The number of hydrogen-bond donors (Lipinski definition) is 1. The number of thioether (sulfide) groups is 1. The summed E-state index contributed by atoms with van der Waals surface area (Å²) >= 11 is 1.33. The van der Waals surface area contributed by atoms with Crippen molar-refractivity contribution in [3.63, 3.8) is 0 Å². The van der Waals surface area contributed by atoms with Crippen LogP contribution in [-0.4, -0.2) is 73.3 Å². The van der Waals surface area contributed by atoms with E-state index < -0.39 is 23.2 Å². The Morgan fingerprint density at radius 3 is 2.17 bits per heavy atom. The highest BCUT2D eigenvalue weighted by atomic mass is 32.2. The topological polar surface area (TPSA) is 79.3 Å². The first-order valence-electron chi connectivity index (χ1n) is 13.4. The number of ether oxygens (including phenoxy) is 5. The van der Waals surface area contributed by atoms with Gasteiger partial charge >= 0.3 is 0 Å². The molecule has 1 N–H and O–H groups in total. The van der Waals surface area contributed by atoms with Crippen molar-refractivity contribution in [3.05, 3.63) is 110 Å². The minimum absolute atomic E-state index is 0.215. The molecule has 5 atom stereocenters. The molecule has 0 bridgehead atoms. The number of pyridine rings is 1. The average Bonchev–Trinajstić information content (AvgIpc) is 2.96. The molecule has 0 unspecified atom stereocenters. The second-order valence-electron chi connectivity index (χ2n) is 9.23. The van der Waals surface area contributed by atoms with Crippen molar-refractivity contribution in [3.8, 4) is 5.75 Å². The van der Waals surface area contributed by atoms with E-state index in [0.29, 0.717) is 38.4 Å². The molecule has 2 aromatic rings. The van der Waals surface area contributed by atoms with Crippen molar-refractivity contribution < 1.29 is 28.8 Å². The highest BCUT2D eigenvalue weighted by Gasteiger charge is 2.56. The maximum atomic E-state index is 12.4. The van der Waals surface area contributed by atoms with Crippen LogP contribution in [0.15, 0.2) is 93.3 Å².